The molecule has 0 spiro atoms. The van der Waals surface area contributed by atoms with E-state index in [9.17, 15) is 22.8 Å². The third kappa shape index (κ3) is 3.77. The summed E-state index contributed by atoms with van der Waals surface area (Å²) >= 11 is 0. The molecule has 0 aromatic carbocycles. The van der Waals surface area contributed by atoms with Crippen molar-refractivity contribution >= 4 is 11.9 Å². The number of carboxylic acids is 1. The van der Waals surface area contributed by atoms with Gasteiger partial charge in [-0.2, -0.15) is 13.2 Å². The molecule has 1 aromatic heterocycles. The van der Waals surface area contributed by atoms with E-state index < -0.39 is 24.0 Å². The van der Waals surface area contributed by atoms with Gasteiger partial charge in [-0.15, -0.1) is 0 Å². The normalized spacial score (nSPS) is 22.8. The fourth-order valence-electron chi connectivity index (χ4n) is 2.40. The Hall–Kier alpha value is -1.99. The molecule has 116 valence electrons. The molecule has 1 saturated carbocycles. The number of hydrogen-bond donors (Lipinski definition) is 2. The van der Waals surface area contributed by atoms with E-state index in [1.165, 1.54) is 6.07 Å². The summed E-state index contributed by atoms with van der Waals surface area (Å²) in [5.41, 5.74) is 0. The standard InChI is InChI=1S/C13H14F3NO4/c14-13(15,16)7-1-3-8(4-2-7)17-11(18)9-5-6-10(21-9)12(19)20/h5-8H,1-4H2,(H,17,18)(H,19,20). The van der Waals surface area contributed by atoms with E-state index in [4.69, 9.17) is 9.52 Å². The highest BCUT2D eigenvalue weighted by atomic mass is 19.4. The molecule has 21 heavy (non-hydrogen) atoms. The van der Waals surface area contributed by atoms with E-state index in [1.807, 2.05) is 0 Å². The smallest absolute Gasteiger partial charge is 0.391 e. The minimum Gasteiger partial charge on any atom is -0.475 e. The van der Waals surface area contributed by atoms with Gasteiger partial charge in [-0.3, -0.25) is 4.79 Å². The van der Waals surface area contributed by atoms with Gasteiger partial charge in [0.15, 0.2) is 5.76 Å². The molecule has 2 rings (SSSR count). The Morgan fingerprint density at radius 3 is 2.19 bits per heavy atom. The average molecular weight is 305 g/mol. The molecular formula is C13H14F3NO4. The van der Waals surface area contributed by atoms with Crippen LogP contribution in [0.4, 0.5) is 13.2 Å². The van der Waals surface area contributed by atoms with Crippen LogP contribution in [-0.2, 0) is 0 Å². The molecule has 5 nitrogen and oxygen atoms in total. The van der Waals surface area contributed by atoms with Crippen LogP contribution in [0.3, 0.4) is 0 Å². The van der Waals surface area contributed by atoms with Gasteiger partial charge in [-0.25, -0.2) is 4.79 Å². The first-order valence-corrected chi connectivity index (χ1v) is 6.48. The second kappa shape index (κ2) is 5.79. The fourth-order valence-corrected chi connectivity index (χ4v) is 2.40. The summed E-state index contributed by atoms with van der Waals surface area (Å²) in [6, 6.07) is 2.02. The monoisotopic (exact) mass is 305 g/mol. The van der Waals surface area contributed by atoms with Crippen LogP contribution in [0.5, 0.6) is 0 Å². The predicted molar refractivity (Wildman–Crippen MR) is 64.9 cm³/mol. The van der Waals surface area contributed by atoms with Gasteiger partial charge in [-0.1, -0.05) is 0 Å². The third-order valence-corrected chi connectivity index (χ3v) is 3.57. The van der Waals surface area contributed by atoms with Crippen molar-refractivity contribution in [2.75, 3.05) is 0 Å². The van der Waals surface area contributed by atoms with Crippen LogP contribution in [0.15, 0.2) is 16.5 Å². The molecule has 0 saturated heterocycles. The zero-order chi connectivity index (χ0) is 15.6. The van der Waals surface area contributed by atoms with Gasteiger partial charge >= 0.3 is 12.1 Å². The molecule has 1 aromatic rings. The SMILES string of the molecule is O=C(O)c1ccc(C(=O)NC2CCC(C(F)(F)F)CC2)o1. The fraction of sp³-hybridized carbons (Fsp3) is 0.538. The Morgan fingerprint density at radius 1 is 1.14 bits per heavy atom. The van der Waals surface area contributed by atoms with Gasteiger partial charge < -0.3 is 14.8 Å². The van der Waals surface area contributed by atoms with Crippen LogP contribution in [0.1, 0.15) is 46.8 Å². The Bertz CT molecular complexity index is 530. The second-order valence-corrected chi connectivity index (χ2v) is 5.03. The molecule has 0 bridgehead atoms. The highest BCUT2D eigenvalue weighted by Gasteiger charge is 2.41. The van der Waals surface area contributed by atoms with E-state index in [2.05, 4.69) is 5.32 Å². The van der Waals surface area contributed by atoms with Gasteiger partial charge in [-0.05, 0) is 37.8 Å². The minimum atomic E-state index is -4.19. The molecule has 0 unspecified atom stereocenters. The van der Waals surface area contributed by atoms with Crippen molar-refractivity contribution < 1.29 is 32.3 Å². The molecule has 1 amide bonds. The number of furan rings is 1. The molecule has 0 aliphatic heterocycles. The van der Waals surface area contributed by atoms with Crippen molar-refractivity contribution in [3.63, 3.8) is 0 Å². The minimum absolute atomic E-state index is 0.0209. The van der Waals surface area contributed by atoms with Crippen molar-refractivity contribution in [3.05, 3.63) is 23.7 Å². The van der Waals surface area contributed by atoms with Crippen LogP contribution in [0.25, 0.3) is 0 Å². The summed E-state index contributed by atoms with van der Waals surface area (Å²) in [5.74, 6) is -3.74. The van der Waals surface area contributed by atoms with E-state index in [-0.39, 0.29) is 43.2 Å². The molecule has 1 heterocycles. The number of halogens is 3. The van der Waals surface area contributed by atoms with Gasteiger partial charge in [0.2, 0.25) is 5.76 Å². The van der Waals surface area contributed by atoms with Crippen molar-refractivity contribution in [2.45, 2.75) is 37.9 Å². The lowest BCUT2D eigenvalue weighted by Crippen LogP contribution is -2.39. The highest BCUT2D eigenvalue weighted by Crippen LogP contribution is 2.37. The van der Waals surface area contributed by atoms with Crippen LogP contribution in [-0.4, -0.2) is 29.2 Å². The van der Waals surface area contributed by atoms with Gasteiger partial charge in [0, 0.05) is 6.04 Å². The number of hydrogen-bond acceptors (Lipinski definition) is 3. The number of amides is 1. The summed E-state index contributed by atoms with van der Waals surface area (Å²) in [6.45, 7) is 0. The molecule has 8 heteroatoms. The quantitative estimate of drug-likeness (QED) is 0.900. The Balaban J connectivity index is 1.88. The van der Waals surface area contributed by atoms with Gasteiger partial charge in [0.25, 0.3) is 5.91 Å². The van der Waals surface area contributed by atoms with Crippen LogP contribution in [0.2, 0.25) is 0 Å². The zero-order valence-electron chi connectivity index (χ0n) is 10.9. The number of carboxylic acid groups (broad SMARTS) is 1. The van der Waals surface area contributed by atoms with Crippen molar-refractivity contribution in [1.29, 1.82) is 0 Å². The largest absolute Gasteiger partial charge is 0.475 e. The number of alkyl halides is 3. The number of carbonyl (C=O) groups is 2. The highest BCUT2D eigenvalue weighted by molar-refractivity contribution is 5.93. The van der Waals surface area contributed by atoms with E-state index in [0.717, 1.165) is 6.07 Å². The van der Waals surface area contributed by atoms with Crippen molar-refractivity contribution in [1.82, 2.24) is 5.32 Å². The Labute approximate surface area is 118 Å². The molecule has 2 N–H and O–H groups in total. The Morgan fingerprint density at radius 2 is 1.71 bits per heavy atom. The first kappa shape index (κ1) is 15.4. The Kier molecular flexibility index (Phi) is 4.24. The number of aromatic carboxylic acids is 1. The summed E-state index contributed by atoms with van der Waals surface area (Å²) in [6.07, 6.45) is -3.75. The maximum absolute atomic E-state index is 12.5. The van der Waals surface area contributed by atoms with Gasteiger partial charge in [0.1, 0.15) is 0 Å². The zero-order valence-corrected chi connectivity index (χ0v) is 10.9. The molecule has 1 aliphatic carbocycles. The summed E-state index contributed by atoms with van der Waals surface area (Å²) in [7, 11) is 0. The van der Waals surface area contributed by atoms with Crippen molar-refractivity contribution in [3.8, 4) is 0 Å². The van der Waals surface area contributed by atoms with E-state index in [0.29, 0.717) is 0 Å². The van der Waals surface area contributed by atoms with Crippen LogP contribution >= 0.6 is 0 Å². The topological polar surface area (TPSA) is 79.5 Å². The number of nitrogens with one attached hydrogen (secondary N) is 1. The van der Waals surface area contributed by atoms with E-state index >= 15 is 0 Å². The first-order valence-electron chi connectivity index (χ1n) is 6.48. The first-order chi connectivity index (χ1) is 9.77. The van der Waals surface area contributed by atoms with Crippen LogP contribution < -0.4 is 5.32 Å². The van der Waals surface area contributed by atoms with Gasteiger partial charge in [0.05, 0.1) is 5.92 Å². The molecule has 1 aliphatic rings. The lowest BCUT2D eigenvalue weighted by Gasteiger charge is -2.30. The maximum Gasteiger partial charge on any atom is 0.391 e. The van der Waals surface area contributed by atoms with Crippen molar-refractivity contribution in [2.24, 2.45) is 5.92 Å². The predicted octanol–water partition coefficient (Wildman–Crippen LogP) is 2.83. The average Bonchev–Trinajstić information content (AvgIpc) is 2.88. The van der Waals surface area contributed by atoms with E-state index in [1.54, 1.807) is 0 Å². The molecule has 0 atom stereocenters. The second-order valence-electron chi connectivity index (χ2n) is 5.03. The third-order valence-electron chi connectivity index (χ3n) is 3.57. The van der Waals surface area contributed by atoms with Crippen LogP contribution in [0, 0.1) is 5.92 Å². The number of rotatable bonds is 3. The lowest BCUT2D eigenvalue weighted by molar-refractivity contribution is -0.182. The summed E-state index contributed by atoms with van der Waals surface area (Å²) in [5, 5.41) is 11.2. The summed E-state index contributed by atoms with van der Waals surface area (Å²) in [4.78, 5) is 22.4. The summed E-state index contributed by atoms with van der Waals surface area (Å²) < 4.78 is 42.4. The molecule has 0 radical (unpaired) electrons. The lowest BCUT2D eigenvalue weighted by atomic mass is 9.85. The maximum atomic E-state index is 12.5. The number of carbonyl (C=O) groups excluding carboxylic acids is 1. The molecule has 1 fully saturated rings. The molecular weight excluding hydrogens is 291 g/mol.